The molecule has 1 aromatic rings. The molecular weight excluding hydrogens is 226 g/mol. The van der Waals surface area contributed by atoms with Crippen molar-refractivity contribution in [1.82, 2.24) is 5.32 Å². The number of nitrogens with one attached hydrogen (secondary N) is 1. The Morgan fingerprint density at radius 3 is 2.72 bits per heavy atom. The summed E-state index contributed by atoms with van der Waals surface area (Å²) in [4.78, 5) is 11.7. The number of aryl methyl sites for hydroxylation is 1. The molecule has 18 heavy (non-hydrogen) atoms. The summed E-state index contributed by atoms with van der Waals surface area (Å²) in [5, 5.41) is 3.54. The van der Waals surface area contributed by atoms with Gasteiger partial charge in [0, 0.05) is 6.04 Å². The number of hydrogen-bond acceptors (Lipinski definition) is 3. The lowest BCUT2D eigenvalue weighted by Gasteiger charge is -2.26. The van der Waals surface area contributed by atoms with Gasteiger partial charge >= 0.3 is 5.97 Å². The second-order valence-electron chi connectivity index (χ2n) is 5.00. The lowest BCUT2D eigenvalue weighted by Crippen LogP contribution is -2.27. The number of rotatable bonds is 2. The lowest BCUT2D eigenvalue weighted by atomic mass is 9.90. The van der Waals surface area contributed by atoms with Crippen molar-refractivity contribution in [1.29, 1.82) is 0 Å². The molecule has 98 valence electrons. The maximum atomic E-state index is 11.7. The highest BCUT2D eigenvalue weighted by atomic mass is 16.5. The van der Waals surface area contributed by atoms with Crippen molar-refractivity contribution in [2.75, 3.05) is 13.7 Å². The molecule has 1 aromatic carbocycles. The average molecular weight is 247 g/mol. The number of ether oxygens (including phenoxy) is 1. The molecule has 0 saturated carbocycles. The highest BCUT2D eigenvalue weighted by Crippen LogP contribution is 2.28. The van der Waals surface area contributed by atoms with Crippen molar-refractivity contribution in [3.63, 3.8) is 0 Å². The van der Waals surface area contributed by atoms with E-state index in [1.807, 2.05) is 19.1 Å². The molecule has 0 aliphatic carbocycles. The quantitative estimate of drug-likeness (QED) is 0.817. The van der Waals surface area contributed by atoms with Crippen molar-refractivity contribution in [2.24, 2.45) is 0 Å². The monoisotopic (exact) mass is 247 g/mol. The minimum Gasteiger partial charge on any atom is -0.465 e. The van der Waals surface area contributed by atoms with E-state index in [2.05, 4.69) is 12.2 Å². The van der Waals surface area contributed by atoms with Crippen LogP contribution in [-0.2, 0) is 4.74 Å². The maximum Gasteiger partial charge on any atom is 0.337 e. The molecule has 0 radical (unpaired) electrons. The van der Waals surface area contributed by atoms with E-state index in [0.29, 0.717) is 11.6 Å². The second-order valence-corrected chi connectivity index (χ2v) is 5.00. The molecule has 1 aliphatic rings. The summed E-state index contributed by atoms with van der Waals surface area (Å²) in [6, 6.07) is 4.27. The zero-order valence-electron chi connectivity index (χ0n) is 11.4. The predicted molar refractivity (Wildman–Crippen MR) is 71.9 cm³/mol. The first-order valence-electron chi connectivity index (χ1n) is 6.56. The van der Waals surface area contributed by atoms with Gasteiger partial charge in [-0.2, -0.15) is 0 Å². The fraction of sp³-hybridized carbons (Fsp3) is 0.533. The number of benzene rings is 1. The highest BCUT2D eigenvalue weighted by Gasteiger charge is 2.19. The van der Waals surface area contributed by atoms with E-state index < -0.39 is 0 Å². The molecule has 1 atom stereocenters. The van der Waals surface area contributed by atoms with E-state index in [1.54, 1.807) is 0 Å². The normalized spacial score (nSPS) is 19.6. The van der Waals surface area contributed by atoms with Gasteiger partial charge in [-0.25, -0.2) is 4.79 Å². The van der Waals surface area contributed by atoms with Crippen LogP contribution in [0.4, 0.5) is 0 Å². The number of hydrogen-bond donors (Lipinski definition) is 1. The summed E-state index contributed by atoms with van der Waals surface area (Å²) in [5.74, 6) is -0.254. The van der Waals surface area contributed by atoms with E-state index in [9.17, 15) is 4.79 Å². The van der Waals surface area contributed by atoms with Crippen LogP contribution in [0.5, 0.6) is 0 Å². The first-order chi connectivity index (χ1) is 8.63. The molecule has 0 amide bonds. The number of esters is 1. The minimum absolute atomic E-state index is 0.254. The number of carbonyl (C=O) groups is 1. The summed E-state index contributed by atoms with van der Waals surface area (Å²) in [6.07, 6.45) is 3.63. The number of methoxy groups -OCH3 is 1. The smallest absolute Gasteiger partial charge is 0.337 e. The number of carbonyl (C=O) groups excluding carboxylic acids is 1. The molecule has 0 bridgehead atoms. The fourth-order valence-corrected chi connectivity index (χ4v) is 2.60. The van der Waals surface area contributed by atoms with E-state index in [-0.39, 0.29) is 5.97 Å². The molecule has 1 fully saturated rings. The van der Waals surface area contributed by atoms with Gasteiger partial charge in [0.1, 0.15) is 0 Å². The summed E-state index contributed by atoms with van der Waals surface area (Å²) in [5.41, 5.74) is 4.33. The van der Waals surface area contributed by atoms with E-state index >= 15 is 0 Å². The molecule has 1 aliphatic heterocycles. The van der Waals surface area contributed by atoms with Gasteiger partial charge in [0.2, 0.25) is 0 Å². The summed E-state index contributed by atoms with van der Waals surface area (Å²) in [6.45, 7) is 5.24. The van der Waals surface area contributed by atoms with Crippen LogP contribution in [0.3, 0.4) is 0 Å². The van der Waals surface area contributed by atoms with Crippen LogP contribution in [0.15, 0.2) is 12.1 Å². The molecule has 0 spiro atoms. The molecule has 3 heteroatoms. The third-order valence-electron chi connectivity index (χ3n) is 3.81. The van der Waals surface area contributed by atoms with Crippen LogP contribution in [0, 0.1) is 13.8 Å². The Morgan fingerprint density at radius 1 is 1.33 bits per heavy atom. The van der Waals surface area contributed by atoms with E-state index in [1.165, 1.54) is 31.1 Å². The van der Waals surface area contributed by atoms with Crippen LogP contribution >= 0.6 is 0 Å². The molecular formula is C15H21NO2. The van der Waals surface area contributed by atoms with Gasteiger partial charge in [-0.3, -0.25) is 0 Å². The van der Waals surface area contributed by atoms with Gasteiger partial charge in [-0.05, 0) is 62.1 Å². The Kier molecular flexibility index (Phi) is 4.02. The Bertz CT molecular complexity index is 448. The standard InChI is InChI=1S/C15H21NO2/c1-10-8-12(15(17)18-3)9-13(11(10)2)14-6-4-5-7-16-14/h8-9,14,16H,4-7H2,1-3H3. The molecule has 3 nitrogen and oxygen atoms in total. The van der Waals surface area contributed by atoms with Crippen molar-refractivity contribution < 1.29 is 9.53 Å². The third kappa shape index (κ3) is 2.56. The molecule has 0 aromatic heterocycles. The van der Waals surface area contributed by atoms with Crippen LogP contribution in [0.1, 0.15) is 52.4 Å². The Balaban J connectivity index is 2.38. The molecule has 1 N–H and O–H groups in total. The first kappa shape index (κ1) is 13.1. The van der Waals surface area contributed by atoms with Gasteiger partial charge < -0.3 is 10.1 Å². The summed E-state index contributed by atoms with van der Waals surface area (Å²) >= 11 is 0. The fourth-order valence-electron chi connectivity index (χ4n) is 2.60. The van der Waals surface area contributed by atoms with Gasteiger partial charge in [-0.15, -0.1) is 0 Å². The third-order valence-corrected chi connectivity index (χ3v) is 3.81. The first-order valence-corrected chi connectivity index (χ1v) is 6.56. The number of piperidine rings is 1. The minimum atomic E-state index is -0.254. The van der Waals surface area contributed by atoms with Crippen molar-refractivity contribution >= 4 is 5.97 Å². The zero-order chi connectivity index (χ0) is 13.1. The summed E-state index contributed by atoms with van der Waals surface area (Å²) in [7, 11) is 1.43. The topological polar surface area (TPSA) is 38.3 Å². The Hall–Kier alpha value is -1.35. The van der Waals surface area contributed by atoms with Gasteiger partial charge in [0.25, 0.3) is 0 Å². The van der Waals surface area contributed by atoms with Crippen molar-refractivity contribution in [2.45, 2.75) is 39.2 Å². The SMILES string of the molecule is COC(=O)c1cc(C)c(C)c(C2CCCCN2)c1. The van der Waals surface area contributed by atoms with Crippen molar-refractivity contribution in [3.05, 3.63) is 34.4 Å². The second kappa shape index (κ2) is 5.53. The maximum absolute atomic E-state index is 11.7. The average Bonchev–Trinajstić information content (AvgIpc) is 2.41. The van der Waals surface area contributed by atoms with Crippen molar-refractivity contribution in [3.8, 4) is 0 Å². The van der Waals surface area contributed by atoms with Crippen LogP contribution < -0.4 is 5.32 Å². The predicted octanol–water partition coefficient (Wildman–Crippen LogP) is 2.90. The van der Waals surface area contributed by atoms with Gasteiger partial charge in [-0.1, -0.05) is 6.42 Å². The van der Waals surface area contributed by atoms with Crippen LogP contribution in [0.2, 0.25) is 0 Å². The summed E-state index contributed by atoms with van der Waals surface area (Å²) < 4.78 is 4.81. The zero-order valence-corrected chi connectivity index (χ0v) is 11.4. The molecule has 1 unspecified atom stereocenters. The van der Waals surface area contributed by atoms with Gasteiger partial charge in [0.05, 0.1) is 12.7 Å². The molecule has 2 rings (SSSR count). The lowest BCUT2D eigenvalue weighted by molar-refractivity contribution is 0.0600. The largest absolute Gasteiger partial charge is 0.465 e. The highest BCUT2D eigenvalue weighted by molar-refractivity contribution is 5.90. The molecule has 1 saturated heterocycles. The van der Waals surface area contributed by atoms with Crippen LogP contribution in [0.25, 0.3) is 0 Å². The van der Waals surface area contributed by atoms with E-state index in [0.717, 1.165) is 18.5 Å². The van der Waals surface area contributed by atoms with Crippen LogP contribution in [-0.4, -0.2) is 19.6 Å². The van der Waals surface area contributed by atoms with Gasteiger partial charge in [0.15, 0.2) is 0 Å². The Labute approximate surface area is 109 Å². The molecule has 1 heterocycles. The Morgan fingerprint density at radius 2 is 2.11 bits per heavy atom. The van der Waals surface area contributed by atoms with E-state index in [4.69, 9.17) is 4.74 Å².